The third kappa shape index (κ3) is 18.9. The Morgan fingerprint density at radius 2 is 0.436 bits per heavy atom. The van der Waals surface area contributed by atoms with Gasteiger partial charge in [-0.2, -0.15) is 0 Å². The van der Waals surface area contributed by atoms with E-state index in [0.717, 1.165) is 24.3 Å². The van der Waals surface area contributed by atoms with Crippen molar-refractivity contribution in [3.8, 4) is 0 Å². The molecule has 6 rings (SSSR count). The molecule has 0 amide bonds. The average Bonchev–Trinajstić information content (AvgIpc) is 3.33. The van der Waals surface area contributed by atoms with Gasteiger partial charge in [-0.1, -0.05) is 24.3 Å². The standard InChI is InChI=1S/6C7H6N2O4/c2*1-5-2-6(8(10)11)4-7(3-5)9(12)13;2*1-5-6(8(10)11)3-2-4-7(5)9(12)13;2*1-5-3-2-4-6(8(10)11)7(5)9(12)13/h6*2-4H,1H3. The molecule has 6 aromatic rings. The second-order valence-electron chi connectivity index (χ2n) is 14.9. The number of benzene rings is 6. The summed E-state index contributed by atoms with van der Waals surface area (Å²) < 4.78 is 0. The van der Waals surface area contributed by atoms with Crippen molar-refractivity contribution in [1.82, 2.24) is 0 Å². The smallest absolute Gasteiger partial charge is 0.258 e. The van der Waals surface area contributed by atoms with E-state index in [1.165, 1.54) is 113 Å². The molecule has 78 heavy (non-hydrogen) atoms. The molecular weight excluding hydrogens is 1060 g/mol. The molecule has 0 saturated carbocycles. The van der Waals surface area contributed by atoms with Crippen LogP contribution in [0.5, 0.6) is 0 Å². The lowest BCUT2D eigenvalue weighted by atomic mass is 10.1. The Kier molecular flexibility index (Phi) is 23.8. The summed E-state index contributed by atoms with van der Waals surface area (Å²) in [6.07, 6.45) is 0. The van der Waals surface area contributed by atoms with Gasteiger partial charge in [0, 0.05) is 71.8 Å². The van der Waals surface area contributed by atoms with Crippen LogP contribution in [0.1, 0.15) is 33.4 Å². The van der Waals surface area contributed by atoms with Crippen LogP contribution in [0.4, 0.5) is 68.2 Å². The zero-order valence-electron chi connectivity index (χ0n) is 40.6. The van der Waals surface area contributed by atoms with Crippen LogP contribution >= 0.6 is 0 Å². The molecule has 0 atom stereocenters. The van der Waals surface area contributed by atoms with Crippen molar-refractivity contribution in [2.75, 3.05) is 0 Å². The van der Waals surface area contributed by atoms with Crippen molar-refractivity contribution < 1.29 is 59.1 Å². The Hall–Kier alpha value is -11.9. The number of aryl methyl sites for hydroxylation is 4. The van der Waals surface area contributed by atoms with Gasteiger partial charge < -0.3 is 0 Å². The number of non-ortho nitro benzene ring substituents is 4. The highest BCUT2D eigenvalue weighted by Gasteiger charge is 2.27. The first-order chi connectivity index (χ1) is 36.2. The van der Waals surface area contributed by atoms with E-state index in [2.05, 4.69) is 0 Å². The highest BCUT2D eigenvalue weighted by molar-refractivity contribution is 5.58. The molecule has 36 nitrogen and oxygen atoms in total. The summed E-state index contributed by atoms with van der Waals surface area (Å²) in [6, 6.07) is 22.6. The van der Waals surface area contributed by atoms with Gasteiger partial charge >= 0.3 is 22.7 Å². The van der Waals surface area contributed by atoms with Crippen molar-refractivity contribution in [2.45, 2.75) is 41.5 Å². The van der Waals surface area contributed by atoms with Crippen LogP contribution in [0.3, 0.4) is 0 Å². The molecule has 0 N–H and O–H groups in total. The van der Waals surface area contributed by atoms with E-state index in [1.54, 1.807) is 13.8 Å². The van der Waals surface area contributed by atoms with Crippen LogP contribution in [-0.2, 0) is 0 Å². The molecule has 36 heteroatoms. The van der Waals surface area contributed by atoms with Gasteiger partial charge in [0.1, 0.15) is 11.1 Å². The Labute approximate surface area is 432 Å². The zero-order chi connectivity index (χ0) is 60.0. The summed E-state index contributed by atoms with van der Waals surface area (Å²) >= 11 is 0. The molecule has 0 aliphatic heterocycles. The van der Waals surface area contributed by atoms with E-state index in [0.29, 0.717) is 22.3 Å². The second kappa shape index (κ2) is 29.0. The van der Waals surface area contributed by atoms with Gasteiger partial charge in [0.25, 0.3) is 45.5 Å². The average molecular weight is 1090 g/mol. The van der Waals surface area contributed by atoms with Gasteiger partial charge in [0.15, 0.2) is 0 Å². The third-order valence-electron chi connectivity index (χ3n) is 9.47. The van der Waals surface area contributed by atoms with Gasteiger partial charge in [-0.05, 0) is 64.8 Å². The van der Waals surface area contributed by atoms with E-state index in [9.17, 15) is 121 Å². The fourth-order valence-corrected chi connectivity index (χ4v) is 5.98. The lowest BCUT2D eigenvalue weighted by molar-refractivity contribution is -0.422. The molecule has 0 saturated heterocycles. The Balaban J connectivity index is 0.000000468. The first kappa shape index (κ1) is 64.1. The highest BCUT2D eigenvalue weighted by atomic mass is 16.7. The number of nitrogens with zero attached hydrogens (tertiary/aromatic N) is 12. The quantitative estimate of drug-likeness (QED) is 0.0811. The lowest BCUT2D eigenvalue weighted by Crippen LogP contribution is -1.98. The van der Waals surface area contributed by atoms with Crippen molar-refractivity contribution in [3.63, 3.8) is 0 Å². The lowest BCUT2D eigenvalue weighted by Gasteiger charge is -1.96. The van der Waals surface area contributed by atoms with Gasteiger partial charge in [-0.25, -0.2) is 0 Å². The molecule has 0 radical (unpaired) electrons. The van der Waals surface area contributed by atoms with Gasteiger partial charge in [0.05, 0.1) is 71.2 Å². The van der Waals surface area contributed by atoms with E-state index in [4.69, 9.17) is 0 Å². The summed E-state index contributed by atoms with van der Waals surface area (Å²) in [7, 11) is 0. The van der Waals surface area contributed by atoms with Gasteiger partial charge in [-0.3, -0.25) is 121 Å². The fourth-order valence-electron chi connectivity index (χ4n) is 5.98. The van der Waals surface area contributed by atoms with Crippen molar-refractivity contribution in [3.05, 3.63) is 264 Å². The maximum atomic E-state index is 10.4. The van der Waals surface area contributed by atoms with Crippen LogP contribution in [0.2, 0.25) is 0 Å². The molecule has 0 aliphatic carbocycles. The first-order valence-electron chi connectivity index (χ1n) is 20.5. The number of nitro benzene ring substituents is 12. The zero-order valence-corrected chi connectivity index (χ0v) is 40.6. The van der Waals surface area contributed by atoms with E-state index in [1.807, 2.05) is 0 Å². The Morgan fingerprint density at radius 3 is 0.603 bits per heavy atom. The largest absolute Gasteiger partial charge is 0.348 e. The molecule has 0 bridgehead atoms. The molecule has 0 aromatic heterocycles. The summed E-state index contributed by atoms with van der Waals surface area (Å²) in [6.45, 7) is 8.78. The van der Waals surface area contributed by atoms with E-state index < -0.39 is 81.8 Å². The monoisotopic (exact) mass is 1090 g/mol. The first-order valence-corrected chi connectivity index (χ1v) is 20.5. The Morgan fingerprint density at radius 1 is 0.244 bits per heavy atom. The van der Waals surface area contributed by atoms with Crippen LogP contribution in [0, 0.1) is 163 Å². The summed E-state index contributed by atoms with van der Waals surface area (Å²) in [4.78, 5) is 116. The number of hydrogen-bond donors (Lipinski definition) is 0. The second-order valence-corrected chi connectivity index (χ2v) is 14.9. The van der Waals surface area contributed by atoms with Crippen molar-refractivity contribution >= 4 is 68.2 Å². The minimum atomic E-state index is -0.759. The summed E-state index contributed by atoms with van der Waals surface area (Å²) in [5.41, 5.74) is -2.01. The third-order valence-corrected chi connectivity index (χ3v) is 9.47. The number of hydrogen-bond acceptors (Lipinski definition) is 24. The van der Waals surface area contributed by atoms with Crippen molar-refractivity contribution in [2.24, 2.45) is 0 Å². The summed E-state index contributed by atoms with van der Waals surface area (Å²) in [5, 5.41) is 124. The Bertz CT molecular complexity index is 3040. The van der Waals surface area contributed by atoms with E-state index >= 15 is 0 Å². The fraction of sp³-hybridized carbons (Fsp3) is 0.143. The predicted octanol–water partition coefficient (Wildman–Crippen LogP) is 10.9. The van der Waals surface area contributed by atoms with E-state index in [-0.39, 0.29) is 56.6 Å². The van der Waals surface area contributed by atoms with Crippen LogP contribution in [0.25, 0.3) is 0 Å². The molecule has 6 aromatic carbocycles. The molecule has 0 spiro atoms. The maximum Gasteiger partial charge on any atom is 0.348 e. The predicted molar refractivity (Wildman–Crippen MR) is 267 cm³/mol. The van der Waals surface area contributed by atoms with Crippen LogP contribution in [0.15, 0.2) is 109 Å². The van der Waals surface area contributed by atoms with Gasteiger partial charge in [0.2, 0.25) is 0 Å². The minimum Gasteiger partial charge on any atom is -0.258 e. The normalized spacial score (nSPS) is 9.62. The minimum absolute atomic E-state index is 0.0810. The SMILES string of the molecule is Cc1c([N+](=O)[O-])cccc1[N+](=O)[O-].Cc1c([N+](=O)[O-])cccc1[N+](=O)[O-].Cc1cc([N+](=O)[O-])cc([N+](=O)[O-])c1.Cc1cc([N+](=O)[O-])cc([N+](=O)[O-])c1.Cc1cccc([N+](=O)[O-])c1[N+](=O)[O-].Cc1cccc([N+](=O)[O-])c1[N+](=O)[O-]. The van der Waals surface area contributed by atoms with Gasteiger partial charge in [-0.15, -0.1) is 0 Å². The van der Waals surface area contributed by atoms with Crippen LogP contribution < -0.4 is 0 Å². The molecule has 0 aliphatic rings. The van der Waals surface area contributed by atoms with Crippen LogP contribution in [-0.4, -0.2) is 59.1 Å². The molecule has 0 fully saturated rings. The number of nitro groups is 12. The molecule has 0 unspecified atom stereocenters. The van der Waals surface area contributed by atoms with Crippen molar-refractivity contribution in [1.29, 1.82) is 0 Å². The summed E-state index contributed by atoms with van der Waals surface area (Å²) in [5.74, 6) is 0. The number of rotatable bonds is 12. The molecular formula is C42H36N12O24. The number of para-hydroxylation sites is 2. The highest BCUT2D eigenvalue weighted by Crippen LogP contribution is 2.31. The maximum absolute atomic E-state index is 10.4. The molecule has 408 valence electrons. The topological polar surface area (TPSA) is 518 Å². The molecule has 0 heterocycles.